The summed E-state index contributed by atoms with van der Waals surface area (Å²) >= 11 is 0. The van der Waals surface area contributed by atoms with Gasteiger partial charge in [-0.15, -0.1) is 0 Å². The molecule has 0 aromatic heterocycles. The van der Waals surface area contributed by atoms with Crippen LogP contribution >= 0.6 is 0 Å². The molecule has 1 aromatic carbocycles. The first-order chi connectivity index (χ1) is 10.2. The van der Waals surface area contributed by atoms with Crippen molar-refractivity contribution < 1.29 is 13.6 Å². The molecule has 3 atom stereocenters. The molecule has 1 saturated heterocycles. The number of nitrogens with one attached hydrogen (secondary N) is 2. The van der Waals surface area contributed by atoms with Gasteiger partial charge in [0.2, 0.25) is 5.91 Å². The van der Waals surface area contributed by atoms with E-state index in [4.69, 9.17) is 0 Å². The third kappa shape index (κ3) is 3.23. The Morgan fingerprint density at radius 1 is 1.38 bits per heavy atom. The summed E-state index contributed by atoms with van der Waals surface area (Å²) in [5, 5.41) is 6.22. The van der Waals surface area contributed by atoms with Crippen LogP contribution in [-0.4, -0.2) is 25.5 Å². The fraction of sp³-hybridized carbons (Fsp3) is 0.562. The van der Waals surface area contributed by atoms with Crippen LogP contribution in [0.5, 0.6) is 0 Å². The molecule has 2 aliphatic rings. The molecule has 3 rings (SSSR count). The molecule has 3 nitrogen and oxygen atoms in total. The van der Waals surface area contributed by atoms with Gasteiger partial charge in [-0.25, -0.2) is 8.78 Å². The summed E-state index contributed by atoms with van der Waals surface area (Å²) in [7, 11) is 0. The molecular weight excluding hydrogens is 274 g/mol. The minimum absolute atomic E-state index is 0.0328. The van der Waals surface area contributed by atoms with E-state index in [9.17, 15) is 13.6 Å². The zero-order valence-corrected chi connectivity index (χ0v) is 11.9. The van der Waals surface area contributed by atoms with Crippen LogP contribution in [0.3, 0.4) is 0 Å². The van der Waals surface area contributed by atoms with Crippen LogP contribution in [0, 0.1) is 23.5 Å². The Hall–Kier alpha value is -1.49. The van der Waals surface area contributed by atoms with Crippen LogP contribution in [0.15, 0.2) is 18.2 Å². The number of halogens is 2. The maximum absolute atomic E-state index is 13.7. The molecule has 1 aliphatic heterocycles. The highest BCUT2D eigenvalue weighted by molar-refractivity contribution is 5.82. The zero-order valence-electron chi connectivity index (χ0n) is 11.9. The Balaban J connectivity index is 1.48. The first kappa shape index (κ1) is 14.4. The highest BCUT2D eigenvalue weighted by atomic mass is 19.2. The Morgan fingerprint density at radius 3 is 3.00 bits per heavy atom. The zero-order chi connectivity index (χ0) is 14.8. The Labute approximate surface area is 123 Å². The average molecular weight is 294 g/mol. The van der Waals surface area contributed by atoms with Gasteiger partial charge in [-0.05, 0) is 55.8 Å². The summed E-state index contributed by atoms with van der Waals surface area (Å²) in [6.45, 7) is 2.75. The monoisotopic (exact) mass is 294 g/mol. The first-order valence-corrected chi connectivity index (χ1v) is 7.59. The van der Waals surface area contributed by atoms with Gasteiger partial charge in [-0.1, -0.05) is 12.1 Å². The van der Waals surface area contributed by atoms with E-state index in [0.717, 1.165) is 32.0 Å². The lowest BCUT2D eigenvalue weighted by atomic mass is 10.1. The minimum Gasteiger partial charge on any atom is -0.356 e. The van der Waals surface area contributed by atoms with Crippen LogP contribution in [0.4, 0.5) is 8.78 Å². The second-order valence-electron chi connectivity index (χ2n) is 6.03. The fourth-order valence-corrected chi connectivity index (χ4v) is 3.13. The number of carbonyl (C=O) groups excluding carboxylic acids is 1. The highest BCUT2D eigenvalue weighted by Gasteiger charge is 2.45. The van der Waals surface area contributed by atoms with E-state index < -0.39 is 11.6 Å². The number of hydrogen-bond donors (Lipinski definition) is 2. The average Bonchev–Trinajstić information content (AvgIpc) is 3.10. The van der Waals surface area contributed by atoms with Gasteiger partial charge in [0.25, 0.3) is 0 Å². The van der Waals surface area contributed by atoms with Crippen molar-refractivity contribution in [1.29, 1.82) is 0 Å². The number of hydrogen-bond acceptors (Lipinski definition) is 2. The summed E-state index contributed by atoms with van der Waals surface area (Å²) in [4.78, 5) is 12.0. The first-order valence-electron chi connectivity index (χ1n) is 7.59. The predicted molar refractivity (Wildman–Crippen MR) is 75.8 cm³/mol. The van der Waals surface area contributed by atoms with Crippen molar-refractivity contribution in [2.75, 3.05) is 19.6 Å². The molecule has 21 heavy (non-hydrogen) atoms. The highest BCUT2D eigenvalue weighted by Crippen LogP contribution is 2.48. The van der Waals surface area contributed by atoms with Gasteiger partial charge in [-0.2, -0.15) is 0 Å². The van der Waals surface area contributed by atoms with E-state index in [1.807, 2.05) is 0 Å². The summed E-state index contributed by atoms with van der Waals surface area (Å²) in [5.74, 6) is -1.42. The van der Waals surface area contributed by atoms with Gasteiger partial charge in [-0.3, -0.25) is 4.79 Å². The van der Waals surface area contributed by atoms with E-state index in [1.165, 1.54) is 6.07 Å². The number of benzene rings is 1. The van der Waals surface area contributed by atoms with Crippen molar-refractivity contribution in [3.05, 3.63) is 35.4 Å². The summed E-state index contributed by atoms with van der Waals surface area (Å²) < 4.78 is 26.9. The Morgan fingerprint density at radius 2 is 2.24 bits per heavy atom. The van der Waals surface area contributed by atoms with Crippen LogP contribution < -0.4 is 10.6 Å². The maximum Gasteiger partial charge on any atom is 0.223 e. The quantitative estimate of drug-likeness (QED) is 0.874. The van der Waals surface area contributed by atoms with E-state index >= 15 is 0 Å². The molecule has 1 saturated carbocycles. The van der Waals surface area contributed by atoms with Crippen LogP contribution in [0.1, 0.15) is 30.7 Å². The second kappa shape index (κ2) is 6.10. The topological polar surface area (TPSA) is 41.1 Å². The van der Waals surface area contributed by atoms with Gasteiger partial charge in [0, 0.05) is 12.5 Å². The molecule has 3 unspecified atom stereocenters. The SMILES string of the molecule is O=C(NCCC1CCNC1)C1CC1c1cccc(F)c1F. The fourth-order valence-electron chi connectivity index (χ4n) is 3.13. The molecule has 1 aromatic rings. The normalized spacial score (nSPS) is 27.6. The van der Waals surface area contributed by atoms with Crippen molar-refractivity contribution in [2.45, 2.75) is 25.2 Å². The summed E-state index contributed by atoms with van der Waals surface area (Å²) in [5.41, 5.74) is 0.329. The van der Waals surface area contributed by atoms with E-state index in [2.05, 4.69) is 10.6 Å². The molecule has 0 bridgehead atoms. The Kier molecular flexibility index (Phi) is 4.19. The number of amides is 1. The third-order valence-corrected chi connectivity index (χ3v) is 4.52. The standard InChI is InChI=1S/C16H20F2N2O/c17-14-3-1-2-11(15(14)18)12-8-13(12)16(21)20-7-5-10-4-6-19-9-10/h1-3,10,12-13,19H,4-9H2,(H,20,21). The van der Waals surface area contributed by atoms with Crippen molar-refractivity contribution in [2.24, 2.45) is 11.8 Å². The number of carbonyl (C=O) groups is 1. The van der Waals surface area contributed by atoms with Gasteiger partial charge in [0.1, 0.15) is 0 Å². The van der Waals surface area contributed by atoms with Gasteiger partial charge in [0.05, 0.1) is 0 Å². The minimum atomic E-state index is -0.840. The molecular formula is C16H20F2N2O. The van der Waals surface area contributed by atoms with Crippen LogP contribution in [-0.2, 0) is 4.79 Å². The van der Waals surface area contributed by atoms with Crippen molar-refractivity contribution >= 4 is 5.91 Å². The second-order valence-corrected chi connectivity index (χ2v) is 6.03. The van der Waals surface area contributed by atoms with Gasteiger partial charge >= 0.3 is 0 Å². The molecule has 1 amide bonds. The van der Waals surface area contributed by atoms with Crippen LogP contribution in [0.2, 0.25) is 0 Å². The molecule has 2 fully saturated rings. The third-order valence-electron chi connectivity index (χ3n) is 4.52. The molecule has 1 heterocycles. The van der Waals surface area contributed by atoms with Gasteiger partial charge in [0.15, 0.2) is 11.6 Å². The van der Waals surface area contributed by atoms with Crippen molar-refractivity contribution in [3.8, 4) is 0 Å². The van der Waals surface area contributed by atoms with Gasteiger partial charge < -0.3 is 10.6 Å². The Bertz CT molecular complexity index is 529. The molecule has 1 aliphatic carbocycles. The lowest BCUT2D eigenvalue weighted by Gasteiger charge is -2.09. The predicted octanol–water partition coefficient (Wildman–Crippen LogP) is 2.18. The molecule has 0 spiro atoms. The van der Waals surface area contributed by atoms with E-state index in [1.54, 1.807) is 6.07 Å². The largest absolute Gasteiger partial charge is 0.356 e. The molecule has 5 heteroatoms. The summed E-state index contributed by atoms with van der Waals surface area (Å²) in [6.07, 6.45) is 2.75. The van der Waals surface area contributed by atoms with E-state index in [-0.39, 0.29) is 17.7 Å². The molecule has 2 N–H and O–H groups in total. The van der Waals surface area contributed by atoms with Crippen molar-refractivity contribution in [3.63, 3.8) is 0 Å². The smallest absolute Gasteiger partial charge is 0.223 e. The maximum atomic E-state index is 13.7. The number of rotatable bonds is 5. The van der Waals surface area contributed by atoms with Crippen LogP contribution in [0.25, 0.3) is 0 Å². The lowest BCUT2D eigenvalue weighted by Crippen LogP contribution is -2.28. The summed E-state index contributed by atoms with van der Waals surface area (Å²) in [6, 6.07) is 4.17. The molecule has 0 radical (unpaired) electrons. The van der Waals surface area contributed by atoms with E-state index in [0.29, 0.717) is 24.4 Å². The molecule has 114 valence electrons. The van der Waals surface area contributed by atoms with Crippen molar-refractivity contribution in [1.82, 2.24) is 10.6 Å². The lowest BCUT2D eigenvalue weighted by molar-refractivity contribution is -0.122.